The molecule has 0 amide bonds. The topological polar surface area (TPSA) is 69.4 Å². The van der Waals surface area contributed by atoms with Gasteiger partial charge in [-0.25, -0.2) is 15.0 Å². The van der Waals surface area contributed by atoms with Gasteiger partial charge in [-0.15, -0.1) is 0 Å². The number of hydrogen-bond donors (Lipinski definition) is 0. The minimum atomic E-state index is -0.294. The lowest BCUT2D eigenvalue weighted by atomic mass is 9.81. The third-order valence-corrected chi connectivity index (χ3v) is 8.98. The van der Waals surface area contributed by atoms with Crippen molar-refractivity contribution in [3.8, 4) is 39.9 Å². The van der Waals surface area contributed by atoms with Crippen LogP contribution in [-0.2, 0) is 5.41 Å². The predicted octanol–water partition coefficient (Wildman–Crippen LogP) is 8.55. The zero-order chi connectivity index (χ0) is 29.4. The Bertz CT molecular complexity index is 2350. The van der Waals surface area contributed by atoms with Gasteiger partial charge in [-0.1, -0.05) is 111 Å². The van der Waals surface area contributed by atoms with E-state index in [0.29, 0.717) is 17.6 Å². The Morgan fingerprint density at radius 2 is 1.30 bits per heavy atom. The van der Waals surface area contributed by atoms with E-state index in [4.69, 9.17) is 15.0 Å². The third kappa shape index (κ3) is 3.45. The Morgan fingerprint density at radius 3 is 2.02 bits per heavy atom. The second kappa shape index (κ2) is 9.12. The van der Waals surface area contributed by atoms with Crippen LogP contribution in [0.1, 0.15) is 25.0 Å². The van der Waals surface area contributed by atoms with Gasteiger partial charge in [0.2, 0.25) is 5.95 Å². The fraction of sp³-hybridized carbons (Fsp3) is 0.0789. The van der Waals surface area contributed by atoms with Gasteiger partial charge in [0.1, 0.15) is 6.33 Å². The van der Waals surface area contributed by atoms with Crippen LogP contribution in [0.2, 0.25) is 0 Å². The van der Waals surface area contributed by atoms with E-state index in [9.17, 15) is 0 Å². The normalized spacial score (nSPS) is 13.4. The molecule has 3 heterocycles. The number of hydrogen-bond acceptors (Lipinski definition) is 5. The van der Waals surface area contributed by atoms with Crippen molar-refractivity contribution in [1.82, 2.24) is 29.5 Å². The molecular formula is C38H26N6. The van der Waals surface area contributed by atoms with Crippen LogP contribution in [0.4, 0.5) is 0 Å². The zero-order valence-corrected chi connectivity index (χ0v) is 24.2. The molecule has 6 nitrogen and oxygen atoms in total. The van der Waals surface area contributed by atoms with Gasteiger partial charge in [0.05, 0.1) is 16.6 Å². The molecule has 0 atom stereocenters. The van der Waals surface area contributed by atoms with E-state index in [2.05, 4.69) is 76.9 Å². The summed E-state index contributed by atoms with van der Waals surface area (Å²) in [5.74, 6) is 1.87. The molecule has 0 unspecified atom stereocenters. The molecule has 6 heteroatoms. The van der Waals surface area contributed by atoms with Gasteiger partial charge >= 0.3 is 0 Å². The minimum Gasteiger partial charge on any atom is -0.277 e. The SMILES string of the molecule is CC1(C)c2ccc3ncncc3c2-c2ccc3c4ccccc4n(-c4nc(-c5ccccc5)nc(-c5ccccc5)n4)c3c21. The fourth-order valence-electron chi connectivity index (χ4n) is 7.00. The lowest BCUT2D eigenvalue weighted by Gasteiger charge is -2.23. The monoisotopic (exact) mass is 566 g/mol. The lowest BCUT2D eigenvalue weighted by molar-refractivity contribution is 0.664. The highest BCUT2D eigenvalue weighted by atomic mass is 15.2. The molecule has 208 valence electrons. The first-order chi connectivity index (χ1) is 21.6. The summed E-state index contributed by atoms with van der Waals surface area (Å²) in [7, 11) is 0. The standard InChI is InChI=1S/C38H26N6/c1-38(2)29-19-20-30-28(21-39-22-40-30)32(29)27-18-17-26-25-15-9-10-16-31(25)44(34(26)33(27)38)37-42-35(23-11-5-3-6-12-23)41-36(43-37)24-13-7-4-8-14-24/h3-22H,1-2H3. The molecule has 0 saturated carbocycles. The fourth-order valence-corrected chi connectivity index (χ4v) is 7.00. The van der Waals surface area contributed by atoms with Gasteiger partial charge in [-0.3, -0.25) is 4.57 Å². The van der Waals surface area contributed by atoms with Gasteiger partial charge in [-0.05, 0) is 34.4 Å². The number of aromatic nitrogens is 6. The van der Waals surface area contributed by atoms with Crippen LogP contribution < -0.4 is 0 Å². The van der Waals surface area contributed by atoms with E-state index in [0.717, 1.165) is 38.4 Å². The number of benzene rings is 5. The van der Waals surface area contributed by atoms with Crippen molar-refractivity contribution in [2.75, 3.05) is 0 Å². The van der Waals surface area contributed by atoms with Gasteiger partial charge < -0.3 is 0 Å². The van der Waals surface area contributed by atoms with Crippen molar-refractivity contribution in [2.45, 2.75) is 19.3 Å². The number of para-hydroxylation sites is 1. The first-order valence-corrected chi connectivity index (χ1v) is 14.8. The average molecular weight is 567 g/mol. The Morgan fingerprint density at radius 1 is 0.614 bits per heavy atom. The molecule has 9 rings (SSSR count). The molecular weight excluding hydrogens is 540 g/mol. The molecule has 1 aliphatic carbocycles. The number of rotatable bonds is 3. The van der Waals surface area contributed by atoms with Crippen LogP contribution in [-0.4, -0.2) is 29.5 Å². The molecule has 0 saturated heterocycles. The Balaban J connectivity index is 1.42. The first kappa shape index (κ1) is 24.8. The van der Waals surface area contributed by atoms with Crippen molar-refractivity contribution in [2.24, 2.45) is 0 Å². The summed E-state index contributed by atoms with van der Waals surface area (Å²) in [5.41, 5.74) is 9.62. The van der Waals surface area contributed by atoms with Crippen LogP contribution >= 0.6 is 0 Å². The van der Waals surface area contributed by atoms with Crippen molar-refractivity contribution in [3.63, 3.8) is 0 Å². The maximum Gasteiger partial charge on any atom is 0.238 e. The molecule has 0 radical (unpaired) electrons. The van der Waals surface area contributed by atoms with Crippen molar-refractivity contribution >= 4 is 32.7 Å². The van der Waals surface area contributed by atoms with Crippen LogP contribution in [0.15, 0.2) is 122 Å². The zero-order valence-electron chi connectivity index (χ0n) is 24.2. The minimum absolute atomic E-state index is 0.294. The molecule has 5 aromatic carbocycles. The summed E-state index contributed by atoms with van der Waals surface area (Å²) in [6.45, 7) is 4.62. The van der Waals surface area contributed by atoms with E-state index >= 15 is 0 Å². The second-order valence-corrected chi connectivity index (χ2v) is 11.8. The van der Waals surface area contributed by atoms with E-state index in [1.54, 1.807) is 6.33 Å². The first-order valence-electron chi connectivity index (χ1n) is 14.8. The van der Waals surface area contributed by atoms with Crippen molar-refractivity contribution in [1.29, 1.82) is 0 Å². The number of fused-ring (bicyclic) bond motifs is 9. The Kier molecular flexibility index (Phi) is 5.14. The summed E-state index contributed by atoms with van der Waals surface area (Å²) in [6, 6.07) is 37.7. The molecule has 0 spiro atoms. The highest BCUT2D eigenvalue weighted by Gasteiger charge is 2.40. The summed E-state index contributed by atoms with van der Waals surface area (Å²) in [6.07, 6.45) is 3.56. The molecule has 0 fully saturated rings. The van der Waals surface area contributed by atoms with Gasteiger partial charge in [0.25, 0.3) is 0 Å². The van der Waals surface area contributed by atoms with Crippen molar-refractivity contribution < 1.29 is 0 Å². The summed E-state index contributed by atoms with van der Waals surface area (Å²) in [4.78, 5) is 24.3. The summed E-state index contributed by atoms with van der Waals surface area (Å²) in [5, 5.41) is 3.40. The second-order valence-electron chi connectivity index (χ2n) is 11.8. The van der Waals surface area contributed by atoms with Crippen LogP contribution in [0.3, 0.4) is 0 Å². The van der Waals surface area contributed by atoms with E-state index in [1.165, 1.54) is 27.6 Å². The predicted molar refractivity (Wildman–Crippen MR) is 176 cm³/mol. The quantitative estimate of drug-likeness (QED) is 0.214. The van der Waals surface area contributed by atoms with Crippen LogP contribution in [0, 0.1) is 0 Å². The van der Waals surface area contributed by atoms with E-state index in [1.807, 2.05) is 66.9 Å². The molecule has 44 heavy (non-hydrogen) atoms. The summed E-state index contributed by atoms with van der Waals surface area (Å²) < 4.78 is 2.25. The van der Waals surface area contributed by atoms with Gasteiger partial charge in [-0.2, -0.15) is 9.97 Å². The molecule has 0 aliphatic heterocycles. The highest BCUT2D eigenvalue weighted by molar-refractivity contribution is 6.14. The average Bonchev–Trinajstić information content (AvgIpc) is 3.54. The molecule has 3 aromatic heterocycles. The maximum atomic E-state index is 5.16. The molecule has 0 bridgehead atoms. The molecule has 8 aromatic rings. The summed E-state index contributed by atoms with van der Waals surface area (Å²) >= 11 is 0. The van der Waals surface area contributed by atoms with E-state index in [-0.39, 0.29) is 5.41 Å². The van der Waals surface area contributed by atoms with Crippen LogP contribution in [0.5, 0.6) is 0 Å². The van der Waals surface area contributed by atoms with Gasteiger partial charge in [0.15, 0.2) is 11.6 Å². The lowest BCUT2D eigenvalue weighted by Crippen LogP contribution is -2.17. The van der Waals surface area contributed by atoms with Gasteiger partial charge in [0, 0.05) is 38.9 Å². The largest absolute Gasteiger partial charge is 0.277 e. The van der Waals surface area contributed by atoms with Crippen molar-refractivity contribution in [3.05, 3.63) is 133 Å². The Hall–Kier alpha value is -5.75. The molecule has 1 aliphatic rings. The molecule has 0 N–H and O–H groups in total. The Labute approximate surface area is 253 Å². The van der Waals surface area contributed by atoms with E-state index < -0.39 is 0 Å². The highest BCUT2D eigenvalue weighted by Crippen LogP contribution is 2.54. The smallest absolute Gasteiger partial charge is 0.238 e. The third-order valence-electron chi connectivity index (χ3n) is 8.98. The van der Waals surface area contributed by atoms with Crippen LogP contribution in [0.25, 0.3) is 72.6 Å². The number of nitrogens with zero attached hydrogens (tertiary/aromatic N) is 6. The maximum absolute atomic E-state index is 5.16.